The zero-order chi connectivity index (χ0) is 32.1. The molecule has 8 aromatic rings. The van der Waals surface area contributed by atoms with Crippen LogP contribution in [-0.4, -0.2) is 24.9 Å². The Bertz CT molecular complexity index is 2250. The number of hydrogen-bond acceptors (Lipinski definition) is 5. The summed E-state index contributed by atoms with van der Waals surface area (Å²) in [6.07, 6.45) is 3.59. The smallest absolute Gasteiger partial charge is 0.160 e. The van der Waals surface area contributed by atoms with Gasteiger partial charge in [-0.05, 0) is 64.7 Å². The highest BCUT2D eigenvalue weighted by atomic mass is 14.9. The summed E-state index contributed by atoms with van der Waals surface area (Å²) in [5.41, 5.74) is 11.9. The Labute approximate surface area is 279 Å². The molecule has 0 saturated heterocycles. The average molecular weight is 616 g/mol. The zero-order valence-electron chi connectivity index (χ0n) is 26.0. The summed E-state index contributed by atoms with van der Waals surface area (Å²) in [5, 5.41) is 0. The number of nitrogens with zero attached hydrogens (tertiary/aromatic N) is 5. The number of rotatable bonds is 7. The molecular weight excluding hydrogens is 587 g/mol. The van der Waals surface area contributed by atoms with E-state index in [0.29, 0.717) is 5.82 Å². The molecular formula is C43H29N5. The summed E-state index contributed by atoms with van der Waals surface area (Å²) in [7, 11) is 0. The Morgan fingerprint density at radius 2 is 0.854 bits per heavy atom. The Hall–Kier alpha value is -6.59. The van der Waals surface area contributed by atoms with E-state index in [1.54, 1.807) is 12.4 Å². The second-order valence-electron chi connectivity index (χ2n) is 11.4. The monoisotopic (exact) mass is 615 g/mol. The summed E-state index contributed by atoms with van der Waals surface area (Å²) in [6.45, 7) is 0. The predicted molar refractivity (Wildman–Crippen MR) is 193 cm³/mol. The summed E-state index contributed by atoms with van der Waals surface area (Å²) in [5.74, 6) is 0.640. The highest BCUT2D eigenvalue weighted by Gasteiger charge is 2.18. The van der Waals surface area contributed by atoms with Crippen molar-refractivity contribution < 1.29 is 0 Å². The van der Waals surface area contributed by atoms with Crippen molar-refractivity contribution in [2.45, 2.75) is 0 Å². The third kappa shape index (κ3) is 6.00. The SMILES string of the molecule is c1ccc(-c2ccc(-c3nc(-c4ccccc4)cc(-c4cccnc4-c4cc(-c5ccccc5)cc(-c5ccccn5)n4)n3)cc2)cc1. The first-order chi connectivity index (χ1) is 23.8. The summed E-state index contributed by atoms with van der Waals surface area (Å²) in [6, 6.07) is 55.4. The lowest BCUT2D eigenvalue weighted by Crippen LogP contribution is -1.99. The molecule has 0 amide bonds. The highest BCUT2D eigenvalue weighted by molar-refractivity contribution is 5.83. The topological polar surface area (TPSA) is 64.5 Å². The maximum Gasteiger partial charge on any atom is 0.160 e. The second-order valence-corrected chi connectivity index (χ2v) is 11.4. The highest BCUT2D eigenvalue weighted by Crippen LogP contribution is 2.35. The lowest BCUT2D eigenvalue weighted by molar-refractivity contribution is 1.17. The van der Waals surface area contributed by atoms with Gasteiger partial charge in [-0.1, -0.05) is 121 Å². The standard InChI is InChI=1S/C43H29N5/c1-4-13-30(14-5-1)32-21-23-34(24-22-32)43-47-38(33-17-8-3-9-18-33)29-39(48-43)36-19-12-26-45-42(36)41-28-35(31-15-6-2-7-16-31)27-40(46-41)37-20-10-11-25-44-37/h1-29H. The van der Waals surface area contributed by atoms with Crippen LogP contribution in [0.1, 0.15) is 0 Å². The predicted octanol–water partition coefficient (Wildman–Crippen LogP) is 10.3. The lowest BCUT2D eigenvalue weighted by atomic mass is 9.99. The van der Waals surface area contributed by atoms with E-state index in [-0.39, 0.29) is 0 Å². The third-order valence-electron chi connectivity index (χ3n) is 8.23. The molecule has 0 aliphatic rings. The van der Waals surface area contributed by atoms with E-state index < -0.39 is 0 Å². The van der Waals surface area contributed by atoms with Gasteiger partial charge in [-0.25, -0.2) is 15.0 Å². The van der Waals surface area contributed by atoms with E-state index in [1.807, 2.05) is 72.8 Å². The first-order valence-electron chi connectivity index (χ1n) is 15.8. The molecule has 0 atom stereocenters. The molecule has 0 saturated carbocycles. The fourth-order valence-corrected chi connectivity index (χ4v) is 5.82. The molecule has 4 heterocycles. The Morgan fingerprint density at radius 3 is 1.54 bits per heavy atom. The Balaban J connectivity index is 1.29. The molecule has 0 unspecified atom stereocenters. The molecule has 0 aliphatic carbocycles. The first kappa shape index (κ1) is 28.9. The summed E-state index contributed by atoms with van der Waals surface area (Å²) in [4.78, 5) is 24.8. The van der Waals surface area contributed by atoms with E-state index >= 15 is 0 Å². The van der Waals surface area contributed by atoms with Crippen LogP contribution in [0.15, 0.2) is 176 Å². The van der Waals surface area contributed by atoms with Crippen molar-refractivity contribution in [3.63, 3.8) is 0 Å². The summed E-state index contributed by atoms with van der Waals surface area (Å²) >= 11 is 0. The number of benzene rings is 4. The van der Waals surface area contributed by atoms with E-state index in [4.69, 9.17) is 19.9 Å². The van der Waals surface area contributed by atoms with Crippen LogP contribution in [0, 0.1) is 0 Å². The van der Waals surface area contributed by atoms with Crippen molar-refractivity contribution in [1.29, 1.82) is 0 Å². The molecule has 8 rings (SSSR count). The van der Waals surface area contributed by atoms with Gasteiger partial charge >= 0.3 is 0 Å². The van der Waals surface area contributed by atoms with Gasteiger partial charge in [0.05, 0.1) is 34.2 Å². The molecule has 4 aromatic carbocycles. The van der Waals surface area contributed by atoms with Crippen molar-refractivity contribution in [1.82, 2.24) is 24.9 Å². The van der Waals surface area contributed by atoms with E-state index in [9.17, 15) is 0 Å². The molecule has 0 N–H and O–H groups in total. The second kappa shape index (κ2) is 13.0. The van der Waals surface area contributed by atoms with E-state index in [1.165, 1.54) is 5.56 Å². The molecule has 0 aliphatic heterocycles. The first-order valence-corrected chi connectivity index (χ1v) is 15.8. The van der Waals surface area contributed by atoms with Crippen LogP contribution in [-0.2, 0) is 0 Å². The van der Waals surface area contributed by atoms with Crippen molar-refractivity contribution >= 4 is 0 Å². The molecule has 226 valence electrons. The Morgan fingerprint density at radius 1 is 0.292 bits per heavy atom. The van der Waals surface area contributed by atoms with Gasteiger partial charge in [0, 0.05) is 29.1 Å². The molecule has 0 bridgehead atoms. The van der Waals surface area contributed by atoms with Crippen LogP contribution in [0.4, 0.5) is 0 Å². The molecule has 0 spiro atoms. The maximum absolute atomic E-state index is 5.16. The van der Waals surface area contributed by atoms with Crippen LogP contribution < -0.4 is 0 Å². The van der Waals surface area contributed by atoms with Crippen molar-refractivity contribution in [2.75, 3.05) is 0 Å². The largest absolute Gasteiger partial charge is 0.255 e. The van der Waals surface area contributed by atoms with Crippen LogP contribution in [0.2, 0.25) is 0 Å². The maximum atomic E-state index is 5.16. The van der Waals surface area contributed by atoms with Gasteiger partial charge in [-0.2, -0.15) is 0 Å². The minimum atomic E-state index is 0.640. The third-order valence-corrected chi connectivity index (χ3v) is 8.23. The summed E-state index contributed by atoms with van der Waals surface area (Å²) < 4.78 is 0. The minimum Gasteiger partial charge on any atom is -0.255 e. The quantitative estimate of drug-likeness (QED) is 0.178. The van der Waals surface area contributed by atoms with Crippen LogP contribution in [0.3, 0.4) is 0 Å². The van der Waals surface area contributed by atoms with Gasteiger partial charge < -0.3 is 0 Å². The fraction of sp³-hybridized carbons (Fsp3) is 0. The van der Waals surface area contributed by atoms with Gasteiger partial charge in [-0.3, -0.25) is 9.97 Å². The van der Waals surface area contributed by atoms with Crippen LogP contribution in [0.5, 0.6) is 0 Å². The molecule has 48 heavy (non-hydrogen) atoms. The van der Waals surface area contributed by atoms with E-state index in [2.05, 4.69) is 96.0 Å². The fourth-order valence-electron chi connectivity index (χ4n) is 5.82. The van der Waals surface area contributed by atoms with Gasteiger partial charge in [0.15, 0.2) is 5.82 Å². The van der Waals surface area contributed by atoms with Crippen molar-refractivity contribution in [3.8, 4) is 78.9 Å². The molecule has 0 fully saturated rings. The molecule has 5 nitrogen and oxygen atoms in total. The number of pyridine rings is 3. The van der Waals surface area contributed by atoms with Crippen LogP contribution >= 0.6 is 0 Å². The number of hydrogen-bond donors (Lipinski definition) is 0. The molecule has 5 heteroatoms. The number of aromatic nitrogens is 5. The van der Waals surface area contributed by atoms with Gasteiger partial charge in [0.1, 0.15) is 0 Å². The van der Waals surface area contributed by atoms with Gasteiger partial charge in [0.25, 0.3) is 0 Å². The Kier molecular flexibility index (Phi) is 7.83. The zero-order valence-corrected chi connectivity index (χ0v) is 26.0. The minimum absolute atomic E-state index is 0.640. The van der Waals surface area contributed by atoms with Gasteiger partial charge in [0.2, 0.25) is 0 Å². The van der Waals surface area contributed by atoms with Gasteiger partial charge in [-0.15, -0.1) is 0 Å². The van der Waals surface area contributed by atoms with Crippen LogP contribution in [0.25, 0.3) is 78.9 Å². The molecule has 0 radical (unpaired) electrons. The van der Waals surface area contributed by atoms with E-state index in [0.717, 1.165) is 67.5 Å². The molecule has 4 aromatic heterocycles. The average Bonchev–Trinajstić information content (AvgIpc) is 3.19. The lowest BCUT2D eigenvalue weighted by Gasteiger charge is -2.14. The normalized spacial score (nSPS) is 10.9. The van der Waals surface area contributed by atoms with Crippen molar-refractivity contribution in [2.24, 2.45) is 0 Å². The van der Waals surface area contributed by atoms with Crippen molar-refractivity contribution in [3.05, 3.63) is 176 Å².